The Balaban J connectivity index is -0.000000216. The molecule has 41 heavy (non-hydrogen) atoms. The van der Waals surface area contributed by atoms with Crippen molar-refractivity contribution in [1.29, 1.82) is 0 Å². The molecule has 3 nitrogen and oxygen atoms in total. The predicted molar refractivity (Wildman–Crippen MR) is 179 cm³/mol. The Morgan fingerprint density at radius 2 is 1.44 bits per heavy atom. The molecule has 1 unspecified atom stereocenters. The van der Waals surface area contributed by atoms with Gasteiger partial charge in [-0.2, -0.15) is 0 Å². The maximum Gasteiger partial charge on any atom is 0.161 e. The van der Waals surface area contributed by atoms with Gasteiger partial charge in [-0.25, -0.2) is 13.8 Å². The largest absolute Gasteiger partial charge is 0.300 e. The van der Waals surface area contributed by atoms with Gasteiger partial charge in [0.2, 0.25) is 0 Å². The first-order valence-corrected chi connectivity index (χ1v) is 15.0. The van der Waals surface area contributed by atoms with E-state index in [9.17, 15) is 18.4 Å². The number of nitrogens with zero attached hydrogens (tertiary/aromatic N) is 1. The molecule has 0 radical (unpaired) electrons. The van der Waals surface area contributed by atoms with Gasteiger partial charge in [-0.15, -0.1) is 37.7 Å². The number of rotatable bonds is 7. The number of ketones is 2. The Hall–Kier alpha value is -2.99. The number of unbranched alkanes of at least 4 members (excludes halogenated alkanes) is 1. The SMILES string of the molecule is C=C.C=C.CC.CC(C)=O.CCCCC(C)CCC(C)=O.CCc1cccc(F)c1F.Cc1nc2ccccc2s1. The van der Waals surface area contributed by atoms with E-state index in [0.29, 0.717) is 17.8 Å². The molecule has 0 spiro atoms. The van der Waals surface area contributed by atoms with Crippen LogP contribution in [0.5, 0.6) is 0 Å². The Labute approximate surface area is 253 Å². The molecule has 1 atom stereocenters. The smallest absolute Gasteiger partial charge is 0.161 e. The quantitative estimate of drug-likeness (QED) is 0.257. The normalized spacial score (nSPS) is 9.44. The van der Waals surface area contributed by atoms with Crippen LogP contribution in [0.4, 0.5) is 8.78 Å². The zero-order valence-corrected chi connectivity index (χ0v) is 27.9. The van der Waals surface area contributed by atoms with Crippen molar-refractivity contribution in [2.45, 2.75) is 101 Å². The Bertz CT molecular complexity index is 1010. The first-order valence-electron chi connectivity index (χ1n) is 14.2. The molecule has 0 amide bonds. The summed E-state index contributed by atoms with van der Waals surface area (Å²) in [4.78, 5) is 24.4. The van der Waals surface area contributed by atoms with Crippen molar-refractivity contribution in [2.75, 3.05) is 0 Å². The third-order valence-electron chi connectivity index (χ3n) is 4.85. The summed E-state index contributed by atoms with van der Waals surface area (Å²) in [5.41, 5.74) is 1.55. The van der Waals surface area contributed by atoms with E-state index in [0.717, 1.165) is 35.4 Å². The minimum atomic E-state index is -0.764. The number of aromatic nitrogens is 1. The first kappa shape index (κ1) is 45.0. The zero-order chi connectivity index (χ0) is 32.8. The molecule has 2 aromatic carbocycles. The number of benzene rings is 2. The number of hydrogen-bond acceptors (Lipinski definition) is 4. The Kier molecular flexibility index (Phi) is 34.6. The number of fused-ring (bicyclic) bond motifs is 1. The molecule has 0 N–H and O–H groups in total. The van der Waals surface area contributed by atoms with Gasteiger partial charge < -0.3 is 9.59 Å². The van der Waals surface area contributed by atoms with Crippen molar-refractivity contribution in [2.24, 2.45) is 5.92 Å². The van der Waals surface area contributed by atoms with Crippen LogP contribution in [0.2, 0.25) is 0 Å². The molecule has 3 aromatic rings. The number of Topliss-reactive ketones (excluding diaryl/α,β-unsaturated/α-hetero) is 2. The van der Waals surface area contributed by atoms with Gasteiger partial charge >= 0.3 is 0 Å². The fraction of sp³-hybridized carbons (Fsp3) is 0.457. The lowest BCUT2D eigenvalue weighted by atomic mass is 9.98. The van der Waals surface area contributed by atoms with E-state index in [4.69, 9.17) is 0 Å². The lowest BCUT2D eigenvalue weighted by Gasteiger charge is -2.07. The summed E-state index contributed by atoms with van der Waals surface area (Å²) in [6, 6.07) is 12.4. The molecule has 1 aromatic heterocycles. The maximum atomic E-state index is 12.6. The van der Waals surface area contributed by atoms with Crippen molar-refractivity contribution in [3.05, 3.63) is 91.0 Å². The van der Waals surface area contributed by atoms with Crippen LogP contribution in [0.1, 0.15) is 98.1 Å². The lowest BCUT2D eigenvalue weighted by Crippen LogP contribution is -1.98. The van der Waals surface area contributed by atoms with Gasteiger partial charge in [-0.3, -0.25) is 0 Å². The highest BCUT2D eigenvalue weighted by Gasteiger charge is 2.04. The molecule has 0 aliphatic carbocycles. The van der Waals surface area contributed by atoms with E-state index in [1.165, 1.54) is 43.9 Å². The fourth-order valence-electron chi connectivity index (χ4n) is 2.96. The minimum Gasteiger partial charge on any atom is -0.300 e. The third-order valence-corrected chi connectivity index (χ3v) is 5.80. The molecule has 0 bridgehead atoms. The number of carbonyl (C=O) groups is 2. The third kappa shape index (κ3) is 27.0. The zero-order valence-electron chi connectivity index (χ0n) is 27.1. The molecule has 0 saturated carbocycles. The van der Waals surface area contributed by atoms with Crippen LogP contribution in [0.15, 0.2) is 68.8 Å². The van der Waals surface area contributed by atoms with E-state index in [-0.39, 0.29) is 5.78 Å². The summed E-state index contributed by atoms with van der Waals surface area (Å²) >= 11 is 1.74. The van der Waals surface area contributed by atoms with Crippen molar-refractivity contribution in [3.63, 3.8) is 0 Å². The molecule has 0 aliphatic rings. The van der Waals surface area contributed by atoms with Crippen molar-refractivity contribution >= 4 is 33.1 Å². The number of hydrogen-bond donors (Lipinski definition) is 0. The monoisotopic (exact) mass is 591 g/mol. The van der Waals surface area contributed by atoms with Crippen LogP contribution < -0.4 is 0 Å². The summed E-state index contributed by atoms with van der Waals surface area (Å²) in [5, 5.41) is 1.14. The molecule has 1 heterocycles. The standard InChI is InChI=1S/C10H20O.C8H8F2.C8H7NS.C3H6O.C2H6.2C2H4/c1-4-5-6-9(2)7-8-10(3)11;1-2-6-4-3-5-7(9)8(6)10;1-6-9-7-4-2-3-5-8(7)10-6;1-3(2)4;3*1-2/h9H,4-8H2,1-3H3;3-5H,2H2,1H3;2-5H,1H3;1-2H3;1-2H3;2*1-2H2. The van der Waals surface area contributed by atoms with Crippen LogP contribution in [0.25, 0.3) is 10.2 Å². The molecule has 0 aliphatic heterocycles. The van der Waals surface area contributed by atoms with Crippen molar-refractivity contribution in [3.8, 4) is 0 Å². The summed E-state index contributed by atoms with van der Waals surface area (Å²) in [7, 11) is 0. The lowest BCUT2D eigenvalue weighted by molar-refractivity contribution is -0.117. The van der Waals surface area contributed by atoms with Crippen LogP contribution >= 0.6 is 11.3 Å². The summed E-state index contributed by atoms with van der Waals surface area (Å²) in [6.07, 6.45) is 6.23. The van der Waals surface area contributed by atoms with Crippen molar-refractivity contribution < 1.29 is 18.4 Å². The summed E-state index contributed by atoms with van der Waals surface area (Å²) in [6.45, 7) is 29.0. The van der Waals surface area contributed by atoms with Gasteiger partial charge in [0.1, 0.15) is 11.6 Å². The van der Waals surface area contributed by atoms with E-state index in [1.54, 1.807) is 31.3 Å². The summed E-state index contributed by atoms with van der Waals surface area (Å²) < 4.78 is 26.3. The Morgan fingerprint density at radius 3 is 1.88 bits per heavy atom. The fourth-order valence-corrected chi connectivity index (χ4v) is 3.78. The number of para-hydroxylation sites is 1. The number of thiazole rings is 1. The predicted octanol–water partition coefficient (Wildman–Crippen LogP) is 11.5. The topological polar surface area (TPSA) is 47.0 Å². The van der Waals surface area contributed by atoms with E-state index < -0.39 is 11.6 Å². The highest BCUT2D eigenvalue weighted by atomic mass is 32.1. The van der Waals surface area contributed by atoms with E-state index >= 15 is 0 Å². The maximum absolute atomic E-state index is 12.6. The highest BCUT2D eigenvalue weighted by molar-refractivity contribution is 7.18. The second-order valence-electron chi connectivity index (χ2n) is 8.66. The van der Waals surface area contributed by atoms with Gasteiger partial charge in [0.05, 0.1) is 15.2 Å². The molecular weight excluding hydrogens is 536 g/mol. The van der Waals surface area contributed by atoms with Crippen LogP contribution in [0, 0.1) is 24.5 Å². The van der Waals surface area contributed by atoms with E-state index in [1.807, 2.05) is 39.0 Å². The number of halogens is 2. The summed E-state index contributed by atoms with van der Waals surface area (Å²) in [5.74, 6) is -0.253. The average molecular weight is 592 g/mol. The van der Waals surface area contributed by atoms with Crippen LogP contribution in [-0.4, -0.2) is 16.6 Å². The highest BCUT2D eigenvalue weighted by Crippen LogP contribution is 2.20. The van der Waals surface area contributed by atoms with Crippen LogP contribution in [0.3, 0.4) is 0 Å². The average Bonchev–Trinajstić information content (AvgIpc) is 3.36. The number of aryl methyl sites for hydroxylation is 2. The van der Waals surface area contributed by atoms with Crippen molar-refractivity contribution in [1.82, 2.24) is 4.98 Å². The molecule has 0 saturated heterocycles. The molecule has 6 heteroatoms. The second kappa shape index (κ2) is 31.5. The van der Waals surface area contributed by atoms with Gasteiger partial charge in [-0.05, 0) is 70.2 Å². The number of carbonyl (C=O) groups excluding carboxylic acids is 2. The van der Waals surface area contributed by atoms with Gasteiger partial charge in [0, 0.05) is 6.42 Å². The van der Waals surface area contributed by atoms with Gasteiger partial charge in [0.15, 0.2) is 11.6 Å². The van der Waals surface area contributed by atoms with Gasteiger partial charge in [-0.1, -0.05) is 78.1 Å². The van der Waals surface area contributed by atoms with E-state index in [2.05, 4.69) is 51.2 Å². The molecular formula is C35H55F2NO2S. The first-order chi connectivity index (χ1) is 19.5. The van der Waals surface area contributed by atoms with Gasteiger partial charge in [0.25, 0.3) is 0 Å². The second-order valence-corrected chi connectivity index (χ2v) is 9.90. The molecule has 232 valence electrons. The minimum absolute atomic E-state index is 0.167. The Morgan fingerprint density at radius 1 is 0.902 bits per heavy atom. The van der Waals surface area contributed by atoms with Crippen LogP contribution in [-0.2, 0) is 16.0 Å². The molecule has 3 rings (SSSR count). The molecule has 0 fully saturated rings.